The Morgan fingerprint density at radius 3 is 2.71 bits per heavy atom. The summed E-state index contributed by atoms with van der Waals surface area (Å²) in [5, 5.41) is 0. The van der Waals surface area contributed by atoms with E-state index in [0.29, 0.717) is 12.2 Å². The Morgan fingerprint density at radius 1 is 1.21 bits per heavy atom. The first kappa shape index (κ1) is 10.2. The highest BCUT2D eigenvalue weighted by atomic mass is 16.5. The van der Waals surface area contributed by atoms with Crippen molar-refractivity contribution in [3.63, 3.8) is 0 Å². The van der Waals surface area contributed by atoms with Gasteiger partial charge in [-0.1, -0.05) is 19.3 Å². The SMILES string of the molecule is O=C1CCCC(OCCC2CCC2)C1. The number of rotatable bonds is 4. The maximum absolute atomic E-state index is 11.2. The summed E-state index contributed by atoms with van der Waals surface area (Å²) >= 11 is 0. The van der Waals surface area contributed by atoms with Gasteiger partial charge in [0.1, 0.15) is 5.78 Å². The summed E-state index contributed by atoms with van der Waals surface area (Å²) in [5.41, 5.74) is 0. The van der Waals surface area contributed by atoms with Crippen molar-refractivity contribution >= 4 is 5.78 Å². The van der Waals surface area contributed by atoms with Gasteiger partial charge < -0.3 is 4.74 Å². The zero-order valence-corrected chi connectivity index (χ0v) is 8.84. The molecule has 80 valence electrons. The van der Waals surface area contributed by atoms with Crippen molar-refractivity contribution in [2.75, 3.05) is 6.61 Å². The molecule has 0 aromatic carbocycles. The molecule has 0 heterocycles. The first-order valence-corrected chi connectivity index (χ1v) is 5.98. The van der Waals surface area contributed by atoms with Gasteiger partial charge in [0.05, 0.1) is 6.10 Å². The van der Waals surface area contributed by atoms with Crippen LogP contribution >= 0.6 is 0 Å². The maximum Gasteiger partial charge on any atom is 0.135 e. The zero-order chi connectivity index (χ0) is 9.80. The molecule has 2 fully saturated rings. The van der Waals surface area contributed by atoms with Crippen molar-refractivity contribution < 1.29 is 9.53 Å². The topological polar surface area (TPSA) is 26.3 Å². The molecule has 0 bridgehead atoms. The maximum atomic E-state index is 11.2. The molecule has 2 heteroatoms. The lowest BCUT2D eigenvalue weighted by atomic mass is 9.83. The highest BCUT2D eigenvalue weighted by Gasteiger charge is 2.21. The number of Topliss-reactive ketones (excluding diaryl/α,β-unsaturated/α-hetero) is 1. The minimum atomic E-state index is 0.247. The van der Waals surface area contributed by atoms with E-state index in [2.05, 4.69) is 0 Å². The van der Waals surface area contributed by atoms with E-state index in [1.165, 1.54) is 25.7 Å². The van der Waals surface area contributed by atoms with Crippen LogP contribution in [0.1, 0.15) is 51.4 Å². The monoisotopic (exact) mass is 196 g/mol. The quantitative estimate of drug-likeness (QED) is 0.691. The van der Waals surface area contributed by atoms with Crippen molar-refractivity contribution in [3.8, 4) is 0 Å². The smallest absolute Gasteiger partial charge is 0.135 e. The van der Waals surface area contributed by atoms with Crippen LogP contribution in [-0.2, 0) is 9.53 Å². The van der Waals surface area contributed by atoms with E-state index < -0.39 is 0 Å². The summed E-state index contributed by atoms with van der Waals surface area (Å²) in [5.74, 6) is 1.32. The highest BCUT2D eigenvalue weighted by Crippen LogP contribution is 2.29. The largest absolute Gasteiger partial charge is 0.378 e. The van der Waals surface area contributed by atoms with Crippen LogP contribution in [0.15, 0.2) is 0 Å². The fraction of sp³-hybridized carbons (Fsp3) is 0.917. The van der Waals surface area contributed by atoms with Gasteiger partial charge in [-0.25, -0.2) is 0 Å². The summed E-state index contributed by atoms with van der Waals surface area (Å²) in [6.07, 6.45) is 9.24. The van der Waals surface area contributed by atoms with Crippen LogP contribution in [0.5, 0.6) is 0 Å². The Bertz CT molecular complexity index is 196. The van der Waals surface area contributed by atoms with Crippen molar-refractivity contribution in [2.45, 2.75) is 57.5 Å². The standard InChI is InChI=1S/C12H20O2/c13-11-5-2-6-12(9-11)14-8-7-10-3-1-4-10/h10,12H,1-9H2. The molecule has 0 radical (unpaired) electrons. The summed E-state index contributed by atoms with van der Waals surface area (Å²) < 4.78 is 5.74. The van der Waals surface area contributed by atoms with E-state index >= 15 is 0 Å². The summed E-state index contributed by atoms with van der Waals surface area (Å²) in [6, 6.07) is 0. The molecule has 2 rings (SSSR count). The second-order valence-corrected chi connectivity index (χ2v) is 4.71. The van der Waals surface area contributed by atoms with Crippen molar-refractivity contribution in [2.24, 2.45) is 5.92 Å². The molecule has 0 aliphatic heterocycles. The molecule has 2 saturated carbocycles. The van der Waals surface area contributed by atoms with Crippen LogP contribution in [0.4, 0.5) is 0 Å². The molecule has 2 nitrogen and oxygen atoms in total. The Morgan fingerprint density at radius 2 is 2.07 bits per heavy atom. The molecule has 14 heavy (non-hydrogen) atoms. The van der Waals surface area contributed by atoms with Crippen LogP contribution in [0, 0.1) is 5.92 Å². The summed E-state index contributed by atoms with van der Waals surface area (Å²) in [4.78, 5) is 11.2. The fourth-order valence-corrected chi connectivity index (χ4v) is 2.31. The molecule has 0 N–H and O–H groups in total. The second-order valence-electron chi connectivity index (χ2n) is 4.71. The van der Waals surface area contributed by atoms with Gasteiger partial charge in [-0.15, -0.1) is 0 Å². The molecule has 0 aromatic rings. The minimum absolute atomic E-state index is 0.247. The first-order valence-electron chi connectivity index (χ1n) is 5.98. The Balaban J connectivity index is 1.57. The average molecular weight is 196 g/mol. The molecule has 0 saturated heterocycles. The van der Waals surface area contributed by atoms with Gasteiger partial charge in [-0.05, 0) is 25.2 Å². The molecule has 1 atom stereocenters. The number of ether oxygens (including phenoxy) is 1. The third-order valence-electron chi connectivity index (χ3n) is 3.54. The minimum Gasteiger partial charge on any atom is -0.378 e. The highest BCUT2D eigenvalue weighted by molar-refractivity contribution is 5.79. The van der Waals surface area contributed by atoms with Crippen molar-refractivity contribution in [3.05, 3.63) is 0 Å². The molecule has 0 amide bonds. The molecule has 1 unspecified atom stereocenters. The number of hydrogen-bond donors (Lipinski definition) is 0. The van der Waals surface area contributed by atoms with Gasteiger partial charge in [-0.2, -0.15) is 0 Å². The molecule has 2 aliphatic carbocycles. The molecule has 0 spiro atoms. The second kappa shape index (κ2) is 4.92. The number of ketones is 1. The fourth-order valence-electron chi connectivity index (χ4n) is 2.31. The van der Waals surface area contributed by atoms with Gasteiger partial charge in [0.15, 0.2) is 0 Å². The summed E-state index contributed by atoms with van der Waals surface area (Å²) in [6.45, 7) is 0.878. The number of hydrogen-bond acceptors (Lipinski definition) is 2. The lowest BCUT2D eigenvalue weighted by molar-refractivity contribution is -0.124. The van der Waals surface area contributed by atoms with Crippen LogP contribution < -0.4 is 0 Å². The molecule has 0 aromatic heterocycles. The molecule has 2 aliphatic rings. The Labute approximate surface area is 86.0 Å². The van der Waals surface area contributed by atoms with Gasteiger partial charge in [-0.3, -0.25) is 4.79 Å². The van der Waals surface area contributed by atoms with Gasteiger partial charge in [0, 0.05) is 19.4 Å². The number of carbonyl (C=O) groups excluding carboxylic acids is 1. The first-order chi connectivity index (χ1) is 6.84. The van der Waals surface area contributed by atoms with Crippen LogP contribution in [-0.4, -0.2) is 18.5 Å². The number of carbonyl (C=O) groups is 1. The predicted molar refractivity (Wildman–Crippen MR) is 55.2 cm³/mol. The Hall–Kier alpha value is -0.370. The van der Waals surface area contributed by atoms with Gasteiger partial charge in [0.25, 0.3) is 0 Å². The normalized spacial score (nSPS) is 28.9. The third kappa shape index (κ3) is 2.81. The Kier molecular flexibility index (Phi) is 3.57. The van der Waals surface area contributed by atoms with E-state index in [4.69, 9.17) is 4.74 Å². The lowest BCUT2D eigenvalue weighted by Crippen LogP contribution is -2.24. The van der Waals surface area contributed by atoms with Gasteiger partial charge in [0.2, 0.25) is 0 Å². The van der Waals surface area contributed by atoms with E-state index in [0.717, 1.165) is 31.8 Å². The molecular formula is C12H20O2. The van der Waals surface area contributed by atoms with Crippen LogP contribution in [0.25, 0.3) is 0 Å². The van der Waals surface area contributed by atoms with Gasteiger partial charge >= 0.3 is 0 Å². The van der Waals surface area contributed by atoms with E-state index in [1.54, 1.807) is 0 Å². The van der Waals surface area contributed by atoms with Crippen molar-refractivity contribution in [1.29, 1.82) is 0 Å². The van der Waals surface area contributed by atoms with Crippen LogP contribution in [0.2, 0.25) is 0 Å². The van der Waals surface area contributed by atoms with E-state index in [9.17, 15) is 4.79 Å². The van der Waals surface area contributed by atoms with E-state index in [1.807, 2.05) is 0 Å². The van der Waals surface area contributed by atoms with E-state index in [-0.39, 0.29) is 6.10 Å². The zero-order valence-electron chi connectivity index (χ0n) is 8.84. The summed E-state index contributed by atoms with van der Waals surface area (Å²) in [7, 11) is 0. The lowest BCUT2D eigenvalue weighted by Gasteiger charge is -2.27. The van der Waals surface area contributed by atoms with Crippen LogP contribution in [0.3, 0.4) is 0 Å². The average Bonchev–Trinajstić information content (AvgIpc) is 2.09. The third-order valence-corrected chi connectivity index (χ3v) is 3.54. The predicted octanol–water partition coefficient (Wildman–Crippen LogP) is 2.70. The van der Waals surface area contributed by atoms with Crippen molar-refractivity contribution in [1.82, 2.24) is 0 Å². The molecular weight excluding hydrogens is 176 g/mol.